The molecule has 1 fully saturated rings. The molecule has 3 aliphatic heterocycles. The summed E-state index contributed by atoms with van der Waals surface area (Å²) < 4.78 is 47.1. The van der Waals surface area contributed by atoms with E-state index in [-0.39, 0.29) is 15.9 Å². The standard InChI is InChI=1S/C24H35BrFN5O4S/c1-4-9-30-16-19-21(27-23(32)22(19)28(3)24(30)25)18-15-17(6-7-20(18)35-5-2)36(33,34)31-13-11-29(10-8-26)12-14-31/h6-7,15,21,24H,4-5,8-14,16H2,1-3H3,(H,27,32). The summed E-state index contributed by atoms with van der Waals surface area (Å²) in [7, 11) is -1.89. The van der Waals surface area contributed by atoms with Gasteiger partial charge < -0.3 is 15.0 Å². The molecular formula is C24H35BrFN5O4S. The van der Waals surface area contributed by atoms with Gasteiger partial charge in [-0.3, -0.25) is 14.6 Å². The Hall–Kier alpha value is -1.73. The van der Waals surface area contributed by atoms with Crippen molar-refractivity contribution in [3.63, 3.8) is 0 Å². The molecule has 9 nitrogen and oxygen atoms in total. The van der Waals surface area contributed by atoms with E-state index in [1.807, 2.05) is 23.8 Å². The minimum absolute atomic E-state index is 0.102. The summed E-state index contributed by atoms with van der Waals surface area (Å²) in [5, 5.41) is 2.97. The van der Waals surface area contributed by atoms with Crippen molar-refractivity contribution >= 4 is 31.9 Å². The number of rotatable bonds is 9. The monoisotopic (exact) mass is 587 g/mol. The van der Waals surface area contributed by atoms with E-state index in [0.717, 1.165) is 18.5 Å². The lowest BCUT2D eigenvalue weighted by molar-refractivity contribution is -0.118. The average molecular weight is 589 g/mol. The summed E-state index contributed by atoms with van der Waals surface area (Å²) in [6.45, 7) is 7.30. The number of piperazine rings is 1. The van der Waals surface area contributed by atoms with Crippen LogP contribution in [0.15, 0.2) is 34.4 Å². The lowest BCUT2D eigenvalue weighted by atomic mass is 9.97. The molecule has 0 aromatic heterocycles. The number of sulfonamides is 1. The summed E-state index contributed by atoms with van der Waals surface area (Å²) >= 11 is 3.70. The molecule has 0 aliphatic carbocycles. The maximum atomic E-state index is 13.5. The van der Waals surface area contributed by atoms with E-state index in [9.17, 15) is 17.6 Å². The molecule has 0 spiro atoms. The Balaban J connectivity index is 1.69. The lowest BCUT2D eigenvalue weighted by Crippen LogP contribution is -2.49. The molecule has 1 N–H and O–H groups in total. The highest BCUT2D eigenvalue weighted by molar-refractivity contribution is 9.09. The van der Waals surface area contributed by atoms with Gasteiger partial charge in [-0.25, -0.2) is 12.8 Å². The smallest absolute Gasteiger partial charge is 0.268 e. The Morgan fingerprint density at radius 1 is 1.17 bits per heavy atom. The Morgan fingerprint density at radius 3 is 2.53 bits per heavy atom. The largest absolute Gasteiger partial charge is 0.494 e. The van der Waals surface area contributed by atoms with Crippen molar-refractivity contribution in [1.82, 2.24) is 24.3 Å². The van der Waals surface area contributed by atoms with Crippen LogP contribution in [0.3, 0.4) is 0 Å². The van der Waals surface area contributed by atoms with Crippen LogP contribution in [-0.2, 0) is 14.8 Å². The van der Waals surface area contributed by atoms with Crippen molar-refractivity contribution in [1.29, 1.82) is 0 Å². The molecular weight excluding hydrogens is 553 g/mol. The Labute approximate surface area is 221 Å². The van der Waals surface area contributed by atoms with Crippen molar-refractivity contribution in [3.8, 4) is 5.75 Å². The van der Waals surface area contributed by atoms with Gasteiger partial charge in [-0.15, -0.1) is 0 Å². The van der Waals surface area contributed by atoms with Gasteiger partial charge in [0.2, 0.25) is 10.0 Å². The number of carbonyl (C=O) groups is 1. The van der Waals surface area contributed by atoms with E-state index in [1.54, 1.807) is 18.2 Å². The van der Waals surface area contributed by atoms with Crippen LogP contribution in [-0.4, -0.2) is 105 Å². The number of amides is 1. The molecule has 3 heterocycles. The lowest BCUT2D eigenvalue weighted by Gasteiger charge is -2.40. The number of hydrogen-bond donors (Lipinski definition) is 1. The van der Waals surface area contributed by atoms with Gasteiger partial charge in [0.1, 0.15) is 23.2 Å². The van der Waals surface area contributed by atoms with E-state index in [2.05, 4.69) is 33.1 Å². The second kappa shape index (κ2) is 11.3. The second-order valence-electron chi connectivity index (χ2n) is 9.24. The molecule has 2 unspecified atom stereocenters. The first-order valence-electron chi connectivity index (χ1n) is 12.4. The van der Waals surface area contributed by atoms with E-state index >= 15 is 0 Å². The molecule has 0 saturated carbocycles. The summed E-state index contributed by atoms with van der Waals surface area (Å²) in [4.78, 5) is 19.3. The molecule has 1 saturated heterocycles. The Kier molecular flexibility index (Phi) is 8.60. The molecule has 1 aromatic carbocycles. The van der Waals surface area contributed by atoms with E-state index < -0.39 is 22.7 Å². The van der Waals surface area contributed by atoms with Gasteiger partial charge in [-0.05, 0) is 53.0 Å². The van der Waals surface area contributed by atoms with E-state index in [1.165, 1.54) is 4.31 Å². The normalized spacial score (nSPS) is 24.2. The van der Waals surface area contributed by atoms with E-state index in [4.69, 9.17) is 4.74 Å². The molecule has 36 heavy (non-hydrogen) atoms. The minimum atomic E-state index is -3.77. The van der Waals surface area contributed by atoms with Crippen molar-refractivity contribution in [2.75, 3.05) is 66.1 Å². The first kappa shape index (κ1) is 27.3. The number of ether oxygens (including phenoxy) is 1. The first-order valence-corrected chi connectivity index (χ1v) is 14.8. The van der Waals surface area contributed by atoms with Crippen molar-refractivity contribution in [2.45, 2.75) is 36.3 Å². The van der Waals surface area contributed by atoms with Gasteiger partial charge in [0.15, 0.2) is 0 Å². The van der Waals surface area contributed by atoms with Crippen LogP contribution in [0.5, 0.6) is 5.75 Å². The predicted molar refractivity (Wildman–Crippen MR) is 139 cm³/mol. The molecule has 12 heteroatoms. The SMILES string of the molecule is CCCN1CC2=C(C(=O)NC2c2cc(S(=O)(=O)N3CCN(CCF)CC3)ccc2OCC)N(C)C1Br. The maximum absolute atomic E-state index is 13.5. The van der Waals surface area contributed by atoms with Crippen LogP contribution in [0.25, 0.3) is 0 Å². The van der Waals surface area contributed by atoms with Crippen LogP contribution in [0.4, 0.5) is 4.39 Å². The van der Waals surface area contributed by atoms with Gasteiger partial charge in [-0.2, -0.15) is 4.31 Å². The number of halogens is 2. The first-order chi connectivity index (χ1) is 17.2. The third-order valence-electron chi connectivity index (χ3n) is 6.96. The third-order valence-corrected chi connectivity index (χ3v) is 10.1. The van der Waals surface area contributed by atoms with Crippen LogP contribution < -0.4 is 10.1 Å². The number of benzene rings is 1. The molecule has 4 rings (SSSR count). The number of nitrogens with one attached hydrogen (secondary N) is 1. The molecule has 0 bridgehead atoms. The number of hydrogen-bond acceptors (Lipinski definition) is 7. The molecule has 1 aromatic rings. The molecule has 200 valence electrons. The van der Waals surface area contributed by atoms with Gasteiger partial charge in [0, 0.05) is 58.4 Å². The van der Waals surface area contributed by atoms with Crippen molar-refractivity contribution in [2.24, 2.45) is 0 Å². The van der Waals surface area contributed by atoms with Crippen LogP contribution in [0, 0.1) is 0 Å². The second-order valence-corrected chi connectivity index (χ2v) is 12.0. The fourth-order valence-corrected chi connectivity index (χ4v) is 7.18. The van der Waals surface area contributed by atoms with E-state index in [0.29, 0.717) is 62.9 Å². The number of nitrogens with zero attached hydrogens (tertiary/aromatic N) is 4. The Morgan fingerprint density at radius 2 is 1.89 bits per heavy atom. The quantitative estimate of drug-likeness (QED) is 0.350. The zero-order chi connectivity index (χ0) is 26.0. The highest BCUT2D eigenvalue weighted by atomic mass is 79.9. The zero-order valence-corrected chi connectivity index (χ0v) is 23.4. The minimum Gasteiger partial charge on any atom is -0.494 e. The van der Waals surface area contributed by atoms with Crippen LogP contribution in [0.2, 0.25) is 0 Å². The predicted octanol–water partition coefficient (Wildman–Crippen LogP) is 2.12. The van der Waals surface area contributed by atoms with Gasteiger partial charge >= 0.3 is 0 Å². The summed E-state index contributed by atoms with van der Waals surface area (Å²) in [5.74, 6) is 0.367. The summed E-state index contributed by atoms with van der Waals surface area (Å²) in [6, 6.07) is 4.39. The highest BCUT2D eigenvalue weighted by Crippen LogP contribution is 2.41. The van der Waals surface area contributed by atoms with Crippen molar-refractivity contribution in [3.05, 3.63) is 35.0 Å². The topological polar surface area (TPSA) is 85.4 Å². The van der Waals surface area contributed by atoms with Gasteiger partial charge in [-0.1, -0.05) is 6.92 Å². The fourth-order valence-electron chi connectivity index (χ4n) is 5.17. The van der Waals surface area contributed by atoms with Gasteiger partial charge in [0.25, 0.3) is 5.91 Å². The number of alkyl halides is 2. The van der Waals surface area contributed by atoms with Crippen LogP contribution >= 0.6 is 15.9 Å². The summed E-state index contributed by atoms with van der Waals surface area (Å²) in [6.07, 6.45) is 0.959. The summed E-state index contributed by atoms with van der Waals surface area (Å²) in [5.41, 5.74) is 2.14. The third kappa shape index (κ3) is 5.15. The zero-order valence-electron chi connectivity index (χ0n) is 21.0. The van der Waals surface area contributed by atoms with Crippen LogP contribution in [0.1, 0.15) is 31.9 Å². The number of likely N-dealkylation sites (N-methyl/N-ethyl adjacent to an activating group) is 1. The molecule has 0 radical (unpaired) electrons. The van der Waals surface area contributed by atoms with Gasteiger partial charge in [0.05, 0.1) is 17.5 Å². The fraction of sp³-hybridized carbons (Fsp3) is 0.625. The molecule has 2 atom stereocenters. The Bertz CT molecular complexity index is 1110. The molecule has 1 amide bonds. The average Bonchev–Trinajstić information content (AvgIpc) is 3.19. The number of carbonyl (C=O) groups excluding carboxylic acids is 1. The maximum Gasteiger partial charge on any atom is 0.268 e. The highest BCUT2D eigenvalue weighted by Gasteiger charge is 2.43. The van der Waals surface area contributed by atoms with Crippen molar-refractivity contribution < 1.29 is 22.3 Å². The molecule has 3 aliphatic rings.